The fraction of sp³-hybridized carbons (Fsp3) is 0.500. The third kappa shape index (κ3) is 3.07. The maximum Gasteiger partial charge on any atom is 0.228 e. The molecule has 2 N–H and O–H groups in total. The highest BCUT2D eigenvalue weighted by Gasteiger charge is 2.31. The summed E-state index contributed by atoms with van der Waals surface area (Å²) in [6, 6.07) is 8.41. The van der Waals surface area contributed by atoms with Crippen molar-refractivity contribution in [3.63, 3.8) is 0 Å². The molecule has 0 radical (unpaired) electrons. The Morgan fingerprint density at radius 2 is 1.90 bits per heavy atom. The van der Waals surface area contributed by atoms with Crippen LogP contribution < -0.4 is 5.73 Å². The van der Waals surface area contributed by atoms with E-state index in [1.54, 1.807) is 0 Å². The van der Waals surface area contributed by atoms with E-state index in [-0.39, 0.29) is 5.54 Å². The smallest absolute Gasteiger partial charge is 0.228 e. The zero-order valence-electron chi connectivity index (χ0n) is 11.9. The number of aryl methyl sites for hydroxylation is 1. The Morgan fingerprint density at radius 1 is 1.20 bits per heavy atom. The summed E-state index contributed by atoms with van der Waals surface area (Å²) in [4.78, 5) is 4.48. The first-order chi connectivity index (χ1) is 9.63. The fourth-order valence-corrected chi connectivity index (χ4v) is 2.88. The van der Waals surface area contributed by atoms with E-state index < -0.39 is 0 Å². The highest BCUT2D eigenvalue weighted by atomic mass is 16.5. The molecular weight excluding hydrogens is 250 g/mol. The molecule has 0 atom stereocenters. The lowest BCUT2D eigenvalue weighted by molar-refractivity contribution is 0.327. The van der Waals surface area contributed by atoms with Crippen molar-refractivity contribution in [2.75, 3.05) is 0 Å². The fourth-order valence-electron chi connectivity index (χ4n) is 2.88. The van der Waals surface area contributed by atoms with Gasteiger partial charge in [0.25, 0.3) is 0 Å². The second-order valence-electron chi connectivity index (χ2n) is 6.01. The Labute approximate surface area is 119 Å². The number of benzene rings is 1. The lowest BCUT2D eigenvalue weighted by atomic mass is 9.95. The van der Waals surface area contributed by atoms with Crippen LogP contribution in [0, 0.1) is 6.92 Å². The number of aromatic nitrogens is 2. The molecule has 20 heavy (non-hydrogen) atoms. The summed E-state index contributed by atoms with van der Waals surface area (Å²) in [5, 5.41) is 4.07. The van der Waals surface area contributed by atoms with Gasteiger partial charge in [-0.15, -0.1) is 0 Å². The van der Waals surface area contributed by atoms with Gasteiger partial charge in [-0.05, 0) is 25.3 Å². The molecule has 0 aliphatic heterocycles. The van der Waals surface area contributed by atoms with Crippen LogP contribution >= 0.6 is 0 Å². The van der Waals surface area contributed by atoms with E-state index in [1.165, 1.54) is 24.0 Å². The second kappa shape index (κ2) is 5.37. The molecule has 0 saturated heterocycles. The van der Waals surface area contributed by atoms with Gasteiger partial charge < -0.3 is 10.3 Å². The van der Waals surface area contributed by atoms with E-state index in [2.05, 4.69) is 41.3 Å². The molecule has 0 amide bonds. The van der Waals surface area contributed by atoms with Crippen LogP contribution in [0.1, 0.15) is 48.5 Å². The van der Waals surface area contributed by atoms with Crippen LogP contribution in [0.3, 0.4) is 0 Å². The van der Waals surface area contributed by atoms with Gasteiger partial charge in [0.05, 0.1) is 0 Å². The maximum atomic E-state index is 6.34. The molecule has 1 aliphatic carbocycles. The third-order valence-electron chi connectivity index (χ3n) is 4.10. The molecule has 1 aromatic heterocycles. The van der Waals surface area contributed by atoms with Gasteiger partial charge in [0.1, 0.15) is 0 Å². The van der Waals surface area contributed by atoms with E-state index in [0.29, 0.717) is 18.7 Å². The van der Waals surface area contributed by atoms with Crippen LogP contribution in [-0.2, 0) is 12.8 Å². The van der Waals surface area contributed by atoms with E-state index >= 15 is 0 Å². The van der Waals surface area contributed by atoms with Crippen molar-refractivity contribution in [3.8, 4) is 0 Å². The van der Waals surface area contributed by atoms with Crippen molar-refractivity contribution in [1.29, 1.82) is 0 Å². The number of nitrogens with two attached hydrogens (primary N) is 1. The molecule has 1 saturated carbocycles. The molecule has 0 unspecified atom stereocenters. The van der Waals surface area contributed by atoms with Crippen LogP contribution in [-0.4, -0.2) is 15.7 Å². The van der Waals surface area contributed by atoms with E-state index in [1.807, 2.05) is 0 Å². The molecule has 1 aliphatic rings. The molecule has 0 spiro atoms. The van der Waals surface area contributed by atoms with Gasteiger partial charge in [0, 0.05) is 18.4 Å². The van der Waals surface area contributed by atoms with Gasteiger partial charge in [0.15, 0.2) is 5.82 Å². The van der Waals surface area contributed by atoms with Crippen molar-refractivity contribution < 1.29 is 4.52 Å². The Morgan fingerprint density at radius 3 is 2.60 bits per heavy atom. The molecule has 0 bridgehead atoms. The second-order valence-corrected chi connectivity index (χ2v) is 6.01. The van der Waals surface area contributed by atoms with Crippen molar-refractivity contribution in [2.45, 2.75) is 51.0 Å². The first-order valence-electron chi connectivity index (χ1n) is 7.29. The lowest BCUT2D eigenvalue weighted by Gasteiger charge is -2.20. The van der Waals surface area contributed by atoms with Crippen molar-refractivity contribution in [1.82, 2.24) is 10.1 Å². The Hall–Kier alpha value is -1.68. The normalized spacial score (nSPS) is 17.5. The summed E-state index contributed by atoms with van der Waals surface area (Å²) in [7, 11) is 0. The van der Waals surface area contributed by atoms with E-state index in [9.17, 15) is 0 Å². The zero-order valence-corrected chi connectivity index (χ0v) is 11.9. The number of nitrogens with zero attached hydrogens (tertiary/aromatic N) is 2. The average Bonchev–Trinajstić information content (AvgIpc) is 3.02. The molecule has 4 nitrogen and oxygen atoms in total. The van der Waals surface area contributed by atoms with Crippen LogP contribution in [0.15, 0.2) is 28.8 Å². The van der Waals surface area contributed by atoms with Crippen molar-refractivity contribution >= 4 is 0 Å². The minimum atomic E-state index is -0.131. The minimum absolute atomic E-state index is 0.131. The van der Waals surface area contributed by atoms with Crippen LogP contribution in [0.4, 0.5) is 0 Å². The molecule has 4 heteroatoms. The summed E-state index contributed by atoms with van der Waals surface area (Å²) in [6.45, 7) is 2.08. The standard InChI is InChI=1S/C16H21N3O/c1-12-4-6-13(7-5-12)10-14-18-15(20-19-14)11-16(17)8-2-3-9-16/h4-7H,2-3,8-11,17H2,1H3. The van der Waals surface area contributed by atoms with Crippen LogP contribution in [0.5, 0.6) is 0 Å². The maximum absolute atomic E-state index is 6.34. The summed E-state index contributed by atoms with van der Waals surface area (Å²) in [5.41, 5.74) is 8.67. The third-order valence-corrected chi connectivity index (χ3v) is 4.10. The predicted octanol–water partition coefficient (Wildman–Crippen LogP) is 2.78. The van der Waals surface area contributed by atoms with Crippen molar-refractivity contribution in [3.05, 3.63) is 47.1 Å². The largest absolute Gasteiger partial charge is 0.339 e. The van der Waals surface area contributed by atoms with Gasteiger partial charge in [0.2, 0.25) is 5.89 Å². The van der Waals surface area contributed by atoms with Gasteiger partial charge in [-0.25, -0.2) is 0 Å². The van der Waals surface area contributed by atoms with Gasteiger partial charge >= 0.3 is 0 Å². The minimum Gasteiger partial charge on any atom is -0.339 e. The Kier molecular flexibility index (Phi) is 3.57. The molecule has 3 rings (SSSR count). The van der Waals surface area contributed by atoms with Gasteiger partial charge in [-0.1, -0.05) is 47.8 Å². The SMILES string of the molecule is Cc1ccc(Cc2noc(CC3(N)CCCC3)n2)cc1. The topological polar surface area (TPSA) is 64.9 Å². The first-order valence-corrected chi connectivity index (χ1v) is 7.29. The summed E-state index contributed by atoms with van der Waals surface area (Å²) >= 11 is 0. The number of hydrogen-bond acceptors (Lipinski definition) is 4. The van der Waals surface area contributed by atoms with Gasteiger partial charge in [-0.3, -0.25) is 0 Å². The summed E-state index contributed by atoms with van der Waals surface area (Å²) < 4.78 is 5.35. The van der Waals surface area contributed by atoms with Crippen LogP contribution in [0.25, 0.3) is 0 Å². The summed E-state index contributed by atoms with van der Waals surface area (Å²) in [5.74, 6) is 1.42. The number of rotatable bonds is 4. The van der Waals surface area contributed by atoms with E-state index in [0.717, 1.165) is 18.7 Å². The Bertz CT molecular complexity index is 568. The molecule has 2 aromatic rings. The molecular formula is C16H21N3O. The molecule has 1 fully saturated rings. The monoisotopic (exact) mass is 271 g/mol. The number of hydrogen-bond donors (Lipinski definition) is 1. The lowest BCUT2D eigenvalue weighted by Crippen LogP contribution is -2.38. The van der Waals surface area contributed by atoms with E-state index in [4.69, 9.17) is 10.3 Å². The summed E-state index contributed by atoms with van der Waals surface area (Å²) in [6.07, 6.45) is 5.95. The van der Waals surface area contributed by atoms with Crippen LogP contribution in [0.2, 0.25) is 0 Å². The predicted molar refractivity (Wildman–Crippen MR) is 77.4 cm³/mol. The highest BCUT2D eigenvalue weighted by Crippen LogP contribution is 2.29. The molecule has 1 heterocycles. The first kappa shape index (κ1) is 13.3. The molecule has 106 valence electrons. The zero-order chi connectivity index (χ0) is 14.0. The van der Waals surface area contributed by atoms with Crippen molar-refractivity contribution in [2.24, 2.45) is 5.73 Å². The quantitative estimate of drug-likeness (QED) is 0.928. The highest BCUT2D eigenvalue weighted by molar-refractivity contribution is 5.23. The molecule has 1 aromatic carbocycles. The average molecular weight is 271 g/mol. The van der Waals surface area contributed by atoms with Gasteiger partial charge in [-0.2, -0.15) is 4.98 Å². The Balaban J connectivity index is 1.66.